The lowest BCUT2D eigenvalue weighted by Gasteiger charge is -1.97. The van der Waals surface area contributed by atoms with E-state index in [9.17, 15) is 0 Å². The third-order valence-electron chi connectivity index (χ3n) is 3.25. The fraction of sp³-hybridized carbons (Fsp3) is 0.611. The SMILES string of the molecule is C1CCNC1.CN.COc1ccc(C)cc1.O=CO.OC1CCNC1. The van der Waals surface area contributed by atoms with Gasteiger partial charge in [-0.2, -0.15) is 0 Å². The average Bonchev–Trinajstić information content (AvgIpc) is 3.35. The van der Waals surface area contributed by atoms with E-state index >= 15 is 0 Å². The van der Waals surface area contributed by atoms with Crippen LogP contribution >= 0.6 is 0 Å². The van der Waals surface area contributed by atoms with Crippen molar-refractivity contribution in [3.05, 3.63) is 29.8 Å². The van der Waals surface area contributed by atoms with Crippen LogP contribution in [0.1, 0.15) is 24.8 Å². The molecule has 2 saturated heterocycles. The highest BCUT2D eigenvalue weighted by Crippen LogP contribution is 2.09. The Morgan fingerprint density at radius 3 is 1.88 bits per heavy atom. The summed E-state index contributed by atoms with van der Waals surface area (Å²) in [4.78, 5) is 8.36. The number of aliphatic hydroxyl groups is 1. The number of hydrogen-bond donors (Lipinski definition) is 5. The van der Waals surface area contributed by atoms with Crippen LogP contribution in [0.15, 0.2) is 24.3 Å². The van der Waals surface area contributed by atoms with E-state index in [0.717, 1.165) is 25.3 Å². The van der Waals surface area contributed by atoms with Crippen molar-refractivity contribution in [3.63, 3.8) is 0 Å². The fourth-order valence-corrected chi connectivity index (χ4v) is 1.94. The minimum Gasteiger partial charge on any atom is -0.497 e. The van der Waals surface area contributed by atoms with E-state index in [0.29, 0.717) is 0 Å². The summed E-state index contributed by atoms with van der Waals surface area (Å²) >= 11 is 0. The van der Waals surface area contributed by atoms with Gasteiger partial charge in [-0.3, -0.25) is 4.79 Å². The topological polar surface area (TPSA) is 117 Å². The minimum absolute atomic E-state index is 0.0648. The number of ether oxygens (including phenoxy) is 1. The van der Waals surface area contributed by atoms with Gasteiger partial charge in [0.25, 0.3) is 6.47 Å². The number of carbonyl (C=O) groups is 1. The maximum Gasteiger partial charge on any atom is 0.290 e. The highest BCUT2D eigenvalue weighted by Gasteiger charge is 2.08. The van der Waals surface area contributed by atoms with Gasteiger partial charge in [-0.1, -0.05) is 17.7 Å². The van der Waals surface area contributed by atoms with E-state index in [1.54, 1.807) is 7.11 Å². The normalized spacial score (nSPS) is 17.1. The van der Waals surface area contributed by atoms with Crippen molar-refractivity contribution in [1.82, 2.24) is 10.6 Å². The number of methoxy groups -OCH3 is 1. The summed E-state index contributed by atoms with van der Waals surface area (Å²) in [5.74, 6) is 0.917. The molecule has 0 radical (unpaired) electrons. The standard InChI is InChI=1S/C8H10O.C4H9NO.C4H9N.CH5N.CH2O2/c1-7-3-5-8(9-2)6-4-7;6-4-1-2-5-3-4;1-2-4-5-3-1;1-2;2-1-3/h3-6H,1-2H3;4-6H,1-3H2;5H,1-4H2;2H2,1H3;1H,(H,2,3). The molecule has 1 unspecified atom stereocenters. The Morgan fingerprint density at radius 2 is 1.64 bits per heavy atom. The van der Waals surface area contributed by atoms with E-state index < -0.39 is 0 Å². The number of nitrogens with two attached hydrogens (primary N) is 1. The molecule has 0 bridgehead atoms. The van der Waals surface area contributed by atoms with Gasteiger partial charge in [0, 0.05) is 6.54 Å². The zero-order valence-electron chi connectivity index (χ0n) is 15.7. The van der Waals surface area contributed by atoms with Crippen LogP contribution in [0, 0.1) is 6.92 Å². The highest BCUT2D eigenvalue weighted by molar-refractivity contribution is 5.32. The van der Waals surface area contributed by atoms with Crippen molar-refractivity contribution in [1.29, 1.82) is 0 Å². The first-order chi connectivity index (χ1) is 12.1. The van der Waals surface area contributed by atoms with Gasteiger partial charge in [-0.15, -0.1) is 0 Å². The van der Waals surface area contributed by atoms with E-state index in [1.807, 2.05) is 24.3 Å². The van der Waals surface area contributed by atoms with Gasteiger partial charge in [0.2, 0.25) is 0 Å². The number of aliphatic hydroxyl groups excluding tert-OH is 1. The first-order valence-corrected chi connectivity index (χ1v) is 8.49. The maximum atomic E-state index is 8.67. The molecule has 0 aromatic heterocycles. The van der Waals surface area contributed by atoms with Crippen molar-refractivity contribution in [3.8, 4) is 5.75 Å². The van der Waals surface area contributed by atoms with Crippen molar-refractivity contribution >= 4 is 6.47 Å². The van der Waals surface area contributed by atoms with Crippen LogP contribution in [0.25, 0.3) is 0 Å². The minimum atomic E-state index is -0.250. The number of nitrogens with one attached hydrogen (secondary N) is 2. The van der Waals surface area contributed by atoms with E-state index in [4.69, 9.17) is 19.7 Å². The van der Waals surface area contributed by atoms with Crippen molar-refractivity contribution in [2.24, 2.45) is 5.73 Å². The molecule has 1 atom stereocenters. The van der Waals surface area contributed by atoms with Gasteiger partial charge in [-0.05, 0) is 65.0 Å². The Labute approximate surface area is 151 Å². The van der Waals surface area contributed by atoms with E-state index in [2.05, 4.69) is 23.3 Å². The number of rotatable bonds is 1. The molecule has 7 heteroatoms. The third kappa shape index (κ3) is 18.5. The fourth-order valence-electron chi connectivity index (χ4n) is 1.94. The average molecular weight is 357 g/mol. The van der Waals surface area contributed by atoms with Crippen molar-refractivity contribution < 1.29 is 19.7 Å². The second-order valence-electron chi connectivity index (χ2n) is 5.23. The molecule has 0 amide bonds. The molecule has 2 aliphatic heterocycles. The Kier molecular flexibility index (Phi) is 20.8. The van der Waals surface area contributed by atoms with Gasteiger partial charge < -0.3 is 31.3 Å². The Balaban J connectivity index is 0. The molecule has 3 rings (SSSR count). The molecule has 0 aliphatic carbocycles. The molecule has 2 heterocycles. The molecule has 7 nitrogen and oxygen atoms in total. The lowest BCUT2D eigenvalue weighted by atomic mass is 10.2. The van der Waals surface area contributed by atoms with Crippen LogP contribution in [0.3, 0.4) is 0 Å². The molecule has 0 spiro atoms. The summed E-state index contributed by atoms with van der Waals surface area (Å²) in [7, 11) is 3.17. The first-order valence-electron chi connectivity index (χ1n) is 8.49. The Morgan fingerprint density at radius 1 is 1.12 bits per heavy atom. The van der Waals surface area contributed by atoms with Crippen LogP contribution in [0.5, 0.6) is 5.75 Å². The van der Waals surface area contributed by atoms with Crippen molar-refractivity contribution in [2.75, 3.05) is 40.3 Å². The summed E-state index contributed by atoms with van der Waals surface area (Å²) < 4.78 is 4.97. The van der Waals surface area contributed by atoms with Gasteiger partial charge >= 0.3 is 0 Å². The number of β-amino-alcohol motifs (C(OH)–C–C–N with tert-alkyl or cyclic N) is 1. The lowest BCUT2D eigenvalue weighted by molar-refractivity contribution is -0.122. The van der Waals surface area contributed by atoms with E-state index in [1.165, 1.54) is 38.5 Å². The number of carboxylic acid groups (broad SMARTS) is 1. The predicted molar refractivity (Wildman–Crippen MR) is 102 cm³/mol. The van der Waals surface area contributed by atoms with Crippen LogP contribution in [-0.4, -0.2) is 63.1 Å². The lowest BCUT2D eigenvalue weighted by Crippen LogP contribution is -2.11. The maximum absolute atomic E-state index is 8.67. The second kappa shape index (κ2) is 20.4. The zero-order chi connectivity index (χ0) is 19.3. The quantitative estimate of drug-likeness (QED) is 0.476. The van der Waals surface area contributed by atoms with Crippen LogP contribution < -0.4 is 21.1 Å². The number of aryl methyl sites for hydroxylation is 1. The Hall–Kier alpha value is -1.67. The number of hydrogen-bond acceptors (Lipinski definition) is 6. The largest absolute Gasteiger partial charge is 0.497 e. The molecule has 2 aliphatic rings. The van der Waals surface area contributed by atoms with Gasteiger partial charge in [0.05, 0.1) is 13.2 Å². The van der Waals surface area contributed by atoms with Crippen LogP contribution in [0.4, 0.5) is 0 Å². The molecule has 146 valence electrons. The zero-order valence-corrected chi connectivity index (χ0v) is 15.7. The van der Waals surface area contributed by atoms with Crippen LogP contribution in [0.2, 0.25) is 0 Å². The predicted octanol–water partition coefficient (Wildman–Crippen LogP) is 0.990. The third-order valence-corrected chi connectivity index (χ3v) is 3.25. The smallest absolute Gasteiger partial charge is 0.290 e. The molecule has 6 N–H and O–H groups in total. The number of benzene rings is 1. The summed E-state index contributed by atoms with van der Waals surface area (Å²) in [6.45, 7) is 6.08. The van der Waals surface area contributed by atoms with Crippen LogP contribution in [-0.2, 0) is 4.79 Å². The second-order valence-corrected chi connectivity index (χ2v) is 5.23. The highest BCUT2D eigenvalue weighted by atomic mass is 16.5. The van der Waals surface area contributed by atoms with Gasteiger partial charge in [0.1, 0.15) is 5.75 Å². The molecule has 1 aromatic carbocycles. The summed E-state index contributed by atoms with van der Waals surface area (Å²) in [6, 6.07) is 7.96. The molecule has 0 saturated carbocycles. The summed E-state index contributed by atoms with van der Waals surface area (Å²) in [6.07, 6.45) is 3.64. The van der Waals surface area contributed by atoms with Crippen molar-refractivity contribution in [2.45, 2.75) is 32.3 Å². The van der Waals surface area contributed by atoms with Gasteiger partial charge in [0.15, 0.2) is 0 Å². The first kappa shape index (κ1) is 25.6. The summed E-state index contributed by atoms with van der Waals surface area (Å²) in [5.41, 5.74) is 5.76. The molecular weight excluding hydrogens is 322 g/mol. The molecule has 25 heavy (non-hydrogen) atoms. The van der Waals surface area contributed by atoms with Gasteiger partial charge in [-0.25, -0.2) is 0 Å². The summed E-state index contributed by atoms with van der Waals surface area (Å²) in [5, 5.41) is 21.8. The molecule has 2 fully saturated rings. The Bertz CT molecular complexity index is 371. The van der Waals surface area contributed by atoms with E-state index in [-0.39, 0.29) is 12.6 Å². The monoisotopic (exact) mass is 357 g/mol. The molecule has 1 aromatic rings. The molecular formula is C18H35N3O4.